The first-order valence-electron chi connectivity index (χ1n) is 6.41. The van der Waals surface area contributed by atoms with Gasteiger partial charge in [0.15, 0.2) is 17.6 Å². The van der Waals surface area contributed by atoms with Crippen LogP contribution >= 0.6 is 0 Å². The van der Waals surface area contributed by atoms with E-state index < -0.39 is 6.10 Å². The van der Waals surface area contributed by atoms with Crippen LogP contribution in [0.5, 0.6) is 11.5 Å². The zero-order chi connectivity index (χ0) is 13.1. The minimum atomic E-state index is -0.587. The average molecular weight is 251 g/mol. The molecule has 0 amide bonds. The molecule has 1 aliphatic rings. The van der Waals surface area contributed by atoms with Gasteiger partial charge in [0.2, 0.25) is 0 Å². The summed E-state index contributed by atoms with van der Waals surface area (Å²) in [4.78, 5) is 0. The van der Waals surface area contributed by atoms with Gasteiger partial charge in [0.1, 0.15) is 12.2 Å². The summed E-state index contributed by atoms with van der Waals surface area (Å²) in [5, 5.41) is 13.4. The predicted octanol–water partition coefficient (Wildman–Crippen LogP) is 1.57. The number of benzene rings is 1. The fourth-order valence-corrected chi connectivity index (χ4v) is 2.02. The van der Waals surface area contributed by atoms with Crippen LogP contribution in [0, 0.1) is 0 Å². The van der Waals surface area contributed by atoms with Gasteiger partial charge in [-0.25, -0.2) is 0 Å². The number of fused-ring (bicyclic) bond motifs is 1. The fourth-order valence-electron chi connectivity index (χ4n) is 2.02. The maximum atomic E-state index is 10.2. The molecule has 2 rings (SSSR count). The van der Waals surface area contributed by atoms with E-state index in [1.807, 2.05) is 45.0 Å². The van der Waals surface area contributed by atoms with E-state index in [1.165, 1.54) is 0 Å². The molecular formula is C14H21NO3. The smallest absolute Gasteiger partial charge is 0.162 e. The molecule has 4 heteroatoms. The molecule has 1 aromatic carbocycles. The lowest BCUT2D eigenvalue weighted by Crippen LogP contribution is -2.50. The summed E-state index contributed by atoms with van der Waals surface area (Å²) in [6.45, 7) is 6.50. The van der Waals surface area contributed by atoms with Crippen LogP contribution in [0.3, 0.4) is 0 Å². The first kappa shape index (κ1) is 13.2. The van der Waals surface area contributed by atoms with Crippen molar-refractivity contribution in [3.05, 3.63) is 24.3 Å². The first-order chi connectivity index (χ1) is 8.58. The third-order valence-electron chi connectivity index (χ3n) is 3.00. The summed E-state index contributed by atoms with van der Waals surface area (Å²) < 4.78 is 11.6. The molecule has 3 atom stereocenters. The molecule has 1 aliphatic heterocycles. The van der Waals surface area contributed by atoms with E-state index in [9.17, 15) is 5.11 Å². The molecule has 0 radical (unpaired) electrons. The molecule has 4 nitrogen and oxygen atoms in total. The Labute approximate surface area is 108 Å². The highest BCUT2D eigenvalue weighted by Crippen LogP contribution is 2.34. The standard InChI is InChI=1S/C14H21NO3/c1-9(2)15-8-11(16)14-10(3)17-12-6-4-5-7-13(12)18-14/h4-7,9-11,14-16H,8H2,1-3H3/t10-,11+,14+/m1/s1. The van der Waals surface area contributed by atoms with Gasteiger partial charge in [0.25, 0.3) is 0 Å². The van der Waals surface area contributed by atoms with E-state index in [0.29, 0.717) is 18.3 Å². The van der Waals surface area contributed by atoms with E-state index in [2.05, 4.69) is 5.32 Å². The van der Waals surface area contributed by atoms with Crippen molar-refractivity contribution in [3.8, 4) is 11.5 Å². The summed E-state index contributed by atoms with van der Waals surface area (Å²) >= 11 is 0. The maximum absolute atomic E-state index is 10.2. The molecule has 0 bridgehead atoms. The Morgan fingerprint density at radius 3 is 2.44 bits per heavy atom. The van der Waals surface area contributed by atoms with Crippen molar-refractivity contribution < 1.29 is 14.6 Å². The van der Waals surface area contributed by atoms with E-state index >= 15 is 0 Å². The zero-order valence-corrected chi connectivity index (χ0v) is 11.1. The molecule has 0 saturated heterocycles. The number of ether oxygens (including phenoxy) is 2. The second-order valence-corrected chi connectivity index (χ2v) is 4.98. The fraction of sp³-hybridized carbons (Fsp3) is 0.571. The highest BCUT2D eigenvalue weighted by molar-refractivity contribution is 5.41. The molecule has 1 aromatic rings. The van der Waals surface area contributed by atoms with Crippen LogP contribution in [0.2, 0.25) is 0 Å². The summed E-state index contributed by atoms with van der Waals surface area (Å²) in [6.07, 6.45) is -1.09. The summed E-state index contributed by atoms with van der Waals surface area (Å²) in [6, 6.07) is 7.88. The Hall–Kier alpha value is -1.26. The van der Waals surface area contributed by atoms with Crippen molar-refractivity contribution in [1.82, 2.24) is 5.32 Å². The van der Waals surface area contributed by atoms with Crippen LogP contribution < -0.4 is 14.8 Å². The van der Waals surface area contributed by atoms with Gasteiger partial charge in [-0.1, -0.05) is 26.0 Å². The van der Waals surface area contributed by atoms with Crippen LogP contribution in [-0.4, -0.2) is 36.0 Å². The topological polar surface area (TPSA) is 50.7 Å². The van der Waals surface area contributed by atoms with Gasteiger partial charge in [0.05, 0.1) is 0 Å². The SMILES string of the molecule is CC(C)NC[C@H](O)[C@H]1Oc2ccccc2O[C@@H]1C. The summed E-state index contributed by atoms with van der Waals surface area (Å²) in [5.41, 5.74) is 0. The number of rotatable bonds is 4. The van der Waals surface area contributed by atoms with Crippen LogP contribution in [0.4, 0.5) is 0 Å². The Balaban J connectivity index is 2.02. The molecule has 100 valence electrons. The number of nitrogens with one attached hydrogen (secondary N) is 1. The van der Waals surface area contributed by atoms with E-state index in [0.717, 1.165) is 5.75 Å². The zero-order valence-electron chi connectivity index (χ0n) is 11.1. The summed E-state index contributed by atoms with van der Waals surface area (Å²) in [5.74, 6) is 1.44. The average Bonchev–Trinajstić information content (AvgIpc) is 2.35. The second-order valence-electron chi connectivity index (χ2n) is 4.98. The predicted molar refractivity (Wildman–Crippen MR) is 70.1 cm³/mol. The van der Waals surface area contributed by atoms with Gasteiger partial charge in [-0.3, -0.25) is 0 Å². The molecule has 0 aliphatic carbocycles. The highest BCUT2D eigenvalue weighted by atomic mass is 16.6. The maximum Gasteiger partial charge on any atom is 0.162 e. The molecule has 2 N–H and O–H groups in total. The summed E-state index contributed by atoms with van der Waals surface area (Å²) in [7, 11) is 0. The number of aliphatic hydroxyl groups excluding tert-OH is 1. The van der Waals surface area contributed by atoms with Crippen LogP contribution in [-0.2, 0) is 0 Å². The normalized spacial score (nSPS) is 24.1. The van der Waals surface area contributed by atoms with Crippen LogP contribution in [0.1, 0.15) is 20.8 Å². The minimum Gasteiger partial charge on any atom is -0.483 e. The minimum absolute atomic E-state index is 0.163. The molecule has 1 heterocycles. The molecular weight excluding hydrogens is 230 g/mol. The van der Waals surface area contributed by atoms with Crippen molar-refractivity contribution in [2.45, 2.75) is 45.1 Å². The Kier molecular flexibility index (Phi) is 4.09. The third-order valence-corrected chi connectivity index (χ3v) is 3.00. The molecule has 18 heavy (non-hydrogen) atoms. The van der Waals surface area contributed by atoms with Gasteiger partial charge in [-0.15, -0.1) is 0 Å². The Morgan fingerprint density at radius 1 is 1.22 bits per heavy atom. The molecule has 0 unspecified atom stereocenters. The molecule has 0 aromatic heterocycles. The highest BCUT2D eigenvalue weighted by Gasteiger charge is 2.33. The quantitative estimate of drug-likeness (QED) is 0.853. The van der Waals surface area contributed by atoms with E-state index in [4.69, 9.17) is 9.47 Å². The number of para-hydroxylation sites is 2. The monoisotopic (exact) mass is 251 g/mol. The van der Waals surface area contributed by atoms with Gasteiger partial charge < -0.3 is 19.9 Å². The van der Waals surface area contributed by atoms with Crippen molar-refractivity contribution >= 4 is 0 Å². The third kappa shape index (κ3) is 2.94. The number of aliphatic hydroxyl groups is 1. The van der Waals surface area contributed by atoms with Gasteiger partial charge >= 0.3 is 0 Å². The molecule has 0 fully saturated rings. The van der Waals surface area contributed by atoms with Gasteiger partial charge in [-0.2, -0.15) is 0 Å². The van der Waals surface area contributed by atoms with Crippen molar-refractivity contribution in [2.75, 3.05) is 6.54 Å². The van der Waals surface area contributed by atoms with Crippen molar-refractivity contribution in [2.24, 2.45) is 0 Å². The van der Waals surface area contributed by atoms with E-state index in [1.54, 1.807) is 0 Å². The van der Waals surface area contributed by atoms with Crippen molar-refractivity contribution in [1.29, 1.82) is 0 Å². The van der Waals surface area contributed by atoms with Crippen LogP contribution in [0.15, 0.2) is 24.3 Å². The first-order valence-corrected chi connectivity index (χ1v) is 6.41. The number of hydrogen-bond acceptors (Lipinski definition) is 4. The Bertz CT molecular complexity index is 394. The number of hydrogen-bond donors (Lipinski definition) is 2. The van der Waals surface area contributed by atoms with Crippen molar-refractivity contribution in [3.63, 3.8) is 0 Å². The van der Waals surface area contributed by atoms with E-state index in [-0.39, 0.29) is 12.2 Å². The lowest BCUT2D eigenvalue weighted by molar-refractivity contribution is -0.0464. The van der Waals surface area contributed by atoms with Crippen LogP contribution in [0.25, 0.3) is 0 Å². The Morgan fingerprint density at radius 2 is 1.83 bits per heavy atom. The second kappa shape index (κ2) is 5.59. The lowest BCUT2D eigenvalue weighted by atomic mass is 10.1. The van der Waals surface area contributed by atoms with Gasteiger partial charge in [-0.05, 0) is 19.1 Å². The molecule has 0 spiro atoms. The largest absolute Gasteiger partial charge is 0.483 e. The molecule has 0 saturated carbocycles. The lowest BCUT2D eigenvalue weighted by Gasteiger charge is -2.35. The van der Waals surface area contributed by atoms with Gasteiger partial charge in [0, 0.05) is 12.6 Å².